The predicted molar refractivity (Wildman–Crippen MR) is 118 cm³/mol. The fourth-order valence-electron chi connectivity index (χ4n) is 3.35. The van der Waals surface area contributed by atoms with Crippen LogP contribution in [0.1, 0.15) is 30.1 Å². The molecule has 0 saturated heterocycles. The highest BCUT2D eigenvalue weighted by Gasteiger charge is 2.25. The van der Waals surface area contributed by atoms with Crippen LogP contribution in [-0.4, -0.2) is 35.7 Å². The van der Waals surface area contributed by atoms with Gasteiger partial charge in [0.15, 0.2) is 5.69 Å². The van der Waals surface area contributed by atoms with Gasteiger partial charge in [0.2, 0.25) is 0 Å². The monoisotopic (exact) mass is 410 g/mol. The summed E-state index contributed by atoms with van der Waals surface area (Å²) in [6.45, 7) is 2.66. The molecule has 0 unspecified atom stereocenters. The predicted octanol–water partition coefficient (Wildman–Crippen LogP) is 2.37. The number of anilines is 2. The Morgan fingerprint density at radius 3 is 2.60 bits per heavy atom. The number of aromatic nitrogens is 2. The molecule has 1 amide bonds. The zero-order valence-corrected chi connectivity index (χ0v) is 17.2. The molecule has 0 aliphatic rings. The minimum atomic E-state index is -0.699. The van der Waals surface area contributed by atoms with Gasteiger partial charge in [0.1, 0.15) is 5.82 Å². The van der Waals surface area contributed by atoms with Crippen molar-refractivity contribution in [2.45, 2.75) is 26.3 Å². The van der Waals surface area contributed by atoms with E-state index in [1.807, 2.05) is 37.3 Å². The molecule has 3 N–H and O–H groups in total. The van der Waals surface area contributed by atoms with E-state index in [0.717, 1.165) is 17.2 Å². The molecule has 0 aliphatic heterocycles. The van der Waals surface area contributed by atoms with Crippen LogP contribution >= 0.6 is 0 Å². The lowest BCUT2D eigenvalue weighted by molar-refractivity contribution is 0.0975. The third-order valence-electron chi connectivity index (χ3n) is 4.98. The highest BCUT2D eigenvalue weighted by atomic mass is 16.5. The number of fused-ring (bicyclic) bond motifs is 1. The van der Waals surface area contributed by atoms with Crippen LogP contribution in [0.4, 0.5) is 11.5 Å². The average Bonchev–Trinajstić information content (AvgIpc) is 2.75. The van der Waals surface area contributed by atoms with Gasteiger partial charge >= 0.3 is 5.69 Å². The molecule has 8 heteroatoms. The standard InChI is InChI=1S/C22H26N4O4/c1-3-4-11-26-19(23)18(20(27)24-22(26)29)25(12-13-30-2)21(28)17-10-9-15-7-5-6-8-16(15)14-17/h5-10,14H,3-4,11-13,23H2,1-2H3,(H,24,27,29). The molecule has 1 heterocycles. The van der Waals surface area contributed by atoms with Gasteiger partial charge in [-0.15, -0.1) is 0 Å². The number of benzene rings is 2. The molecule has 0 atom stereocenters. The van der Waals surface area contributed by atoms with Crippen molar-refractivity contribution < 1.29 is 9.53 Å². The zero-order chi connectivity index (χ0) is 21.7. The third kappa shape index (κ3) is 4.28. The van der Waals surface area contributed by atoms with Crippen molar-refractivity contribution in [3.63, 3.8) is 0 Å². The fourth-order valence-corrected chi connectivity index (χ4v) is 3.35. The first-order valence-corrected chi connectivity index (χ1v) is 9.90. The normalized spacial score (nSPS) is 11.0. The number of rotatable bonds is 8. The van der Waals surface area contributed by atoms with Gasteiger partial charge in [0.25, 0.3) is 11.5 Å². The molecule has 158 valence electrons. The Labute approximate surface area is 173 Å². The number of unbranched alkanes of at least 4 members (excludes halogenated alkanes) is 1. The number of nitrogens with one attached hydrogen (secondary N) is 1. The van der Waals surface area contributed by atoms with Crippen LogP contribution in [0, 0.1) is 0 Å². The third-order valence-corrected chi connectivity index (χ3v) is 4.98. The topological polar surface area (TPSA) is 110 Å². The Hall–Kier alpha value is -3.39. The number of nitrogens with two attached hydrogens (primary N) is 1. The lowest BCUT2D eigenvalue weighted by atomic mass is 10.1. The van der Waals surface area contributed by atoms with Crippen LogP contribution in [0.15, 0.2) is 52.1 Å². The second-order valence-electron chi connectivity index (χ2n) is 7.01. The first-order valence-electron chi connectivity index (χ1n) is 9.90. The number of hydrogen-bond acceptors (Lipinski definition) is 5. The Balaban J connectivity index is 2.10. The molecule has 0 fully saturated rings. The minimum Gasteiger partial charge on any atom is -0.383 e. The van der Waals surface area contributed by atoms with E-state index in [4.69, 9.17) is 10.5 Å². The quantitative estimate of drug-likeness (QED) is 0.592. The molecule has 0 saturated carbocycles. The van der Waals surface area contributed by atoms with Crippen LogP contribution < -0.4 is 21.9 Å². The number of carbonyl (C=O) groups is 1. The number of nitrogens with zero attached hydrogens (tertiary/aromatic N) is 2. The molecule has 0 bridgehead atoms. The molecule has 0 aliphatic carbocycles. The average molecular weight is 410 g/mol. The first-order chi connectivity index (χ1) is 14.5. The first kappa shape index (κ1) is 21.3. The lowest BCUT2D eigenvalue weighted by Gasteiger charge is -2.24. The van der Waals surface area contributed by atoms with E-state index in [1.165, 1.54) is 16.6 Å². The van der Waals surface area contributed by atoms with E-state index in [9.17, 15) is 14.4 Å². The van der Waals surface area contributed by atoms with Crippen LogP contribution in [0.25, 0.3) is 10.8 Å². The number of amides is 1. The highest BCUT2D eigenvalue weighted by molar-refractivity contribution is 6.09. The van der Waals surface area contributed by atoms with Gasteiger partial charge in [-0.2, -0.15) is 0 Å². The summed E-state index contributed by atoms with van der Waals surface area (Å²) < 4.78 is 6.43. The second kappa shape index (κ2) is 9.41. The summed E-state index contributed by atoms with van der Waals surface area (Å²) in [4.78, 5) is 41.8. The van der Waals surface area contributed by atoms with Gasteiger partial charge in [-0.05, 0) is 29.3 Å². The van der Waals surface area contributed by atoms with E-state index in [2.05, 4.69) is 4.98 Å². The smallest absolute Gasteiger partial charge is 0.330 e. The minimum absolute atomic E-state index is 0.0255. The number of hydrogen-bond donors (Lipinski definition) is 2. The SMILES string of the molecule is CCCCn1c(N)c(N(CCOC)C(=O)c2ccc3ccccc3c2)c(=O)[nH]c1=O. The molecular formula is C22H26N4O4. The summed E-state index contributed by atoms with van der Waals surface area (Å²) in [6, 6.07) is 13.0. The Morgan fingerprint density at radius 2 is 1.90 bits per heavy atom. The molecule has 2 aromatic carbocycles. The van der Waals surface area contributed by atoms with Crippen molar-refractivity contribution in [1.29, 1.82) is 0 Å². The number of carbonyl (C=O) groups excluding carboxylic acids is 1. The second-order valence-corrected chi connectivity index (χ2v) is 7.01. The molecule has 3 aromatic rings. The Morgan fingerprint density at radius 1 is 1.17 bits per heavy atom. The maximum absolute atomic E-state index is 13.4. The number of methoxy groups -OCH3 is 1. The van der Waals surface area contributed by atoms with Gasteiger partial charge in [-0.3, -0.25) is 24.0 Å². The van der Waals surface area contributed by atoms with Gasteiger partial charge < -0.3 is 10.5 Å². The number of ether oxygens (including phenoxy) is 1. The van der Waals surface area contributed by atoms with E-state index in [0.29, 0.717) is 18.5 Å². The molecule has 3 rings (SSSR count). The summed E-state index contributed by atoms with van der Waals surface area (Å²) in [5, 5.41) is 1.91. The molecule has 30 heavy (non-hydrogen) atoms. The molecule has 8 nitrogen and oxygen atoms in total. The molecule has 1 aromatic heterocycles. The van der Waals surface area contributed by atoms with E-state index in [-0.39, 0.29) is 24.7 Å². The number of H-pyrrole nitrogens is 1. The van der Waals surface area contributed by atoms with Crippen molar-refractivity contribution in [1.82, 2.24) is 9.55 Å². The summed E-state index contributed by atoms with van der Waals surface area (Å²) >= 11 is 0. The van der Waals surface area contributed by atoms with E-state index in [1.54, 1.807) is 12.1 Å². The van der Waals surface area contributed by atoms with Gasteiger partial charge in [0.05, 0.1) is 6.61 Å². The number of nitrogen functional groups attached to an aromatic ring is 1. The van der Waals surface area contributed by atoms with Gasteiger partial charge in [-0.1, -0.05) is 43.7 Å². The zero-order valence-electron chi connectivity index (χ0n) is 17.2. The summed E-state index contributed by atoms with van der Waals surface area (Å²) in [7, 11) is 1.51. The van der Waals surface area contributed by atoms with E-state index < -0.39 is 17.2 Å². The van der Waals surface area contributed by atoms with Crippen LogP contribution in [0.5, 0.6) is 0 Å². The van der Waals surface area contributed by atoms with Crippen molar-refractivity contribution in [3.05, 3.63) is 68.9 Å². The van der Waals surface area contributed by atoms with Gasteiger partial charge in [-0.25, -0.2) is 4.79 Å². The number of aromatic amines is 1. The summed E-state index contributed by atoms with van der Waals surface area (Å²) in [5.41, 5.74) is 5.30. The van der Waals surface area contributed by atoms with Crippen molar-refractivity contribution in [2.75, 3.05) is 30.9 Å². The molecule has 0 radical (unpaired) electrons. The van der Waals surface area contributed by atoms with Crippen LogP contribution in [0.2, 0.25) is 0 Å². The molecule has 0 spiro atoms. The Kier molecular flexibility index (Phi) is 6.68. The van der Waals surface area contributed by atoms with Crippen molar-refractivity contribution in [3.8, 4) is 0 Å². The van der Waals surface area contributed by atoms with Crippen LogP contribution in [0.3, 0.4) is 0 Å². The highest BCUT2D eigenvalue weighted by Crippen LogP contribution is 2.22. The lowest BCUT2D eigenvalue weighted by Crippen LogP contribution is -2.42. The summed E-state index contributed by atoms with van der Waals surface area (Å²) in [5.74, 6) is -0.418. The van der Waals surface area contributed by atoms with Gasteiger partial charge in [0, 0.05) is 25.8 Å². The molecular weight excluding hydrogens is 384 g/mol. The maximum atomic E-state index is 13.4. The van der Waals surface area contributed by atoms with E-state index >= 15 is 0 Å². The van der Waals surface area contributed by atoms with Crippen molar-refractivity contribution >= 4 is 28.2 Å². The Bertz CT molecular complexity index is 1170. The fraction of sp³-hybridized carbons (Fsp3) is 0.318. The van der Waals surface area contributed by atoms with Crippen molar-refractivity contribution in [2.24, 2.45) is 0 Å². The summed E-state index contributed by atoms with van der Waals surface area (Å²) in [6.07, 6.45) is 1.57. The van der Waals surface area contributed by atoms with Crippen LogP contribution in [-0.2, 0) is 11.3 Å². The largest absolute Gasteiger partial charge is 0.383 e. The maximum Gasteiger partial charge on any atom is 0.330 e.